The van der Waals surface area contributed by atoms with Crippen molar-refractivity contribution in [1.82, 2.24) is 9.13 Å². The number of aryl methyl sites for hydroxylation is 2. The highest BCUT2D eigenvalue weighted by atomic mass is 15.1. The number of hydrogen-bond donors (Lipinski definition) is 0. The molecular weight excluding hydrogens is 844 g/mol. The maximum absolute atomic E-state index is 2.84. The molecule has 0 radical (unpaired) electrons. The fourth-order valence-electron chi connectivity index (χ4n) is 15.8. The molecule has 17 rings (SSSR count). The summed E-state index contributed by atoms with van der Waals surface area (Å²) in [5.74, 6) is 1.16. The summed E-state index contributed by atoms with van der Waals surface area (Å²) >= 11 is 0. The Balaban J connectivity index is 1.13. The van der Waals surface area contributed by atoms with Gasteiger partial charge in [0.1, 0.15) is 0 Å². The molecule has 3 heteroatoms. The third kappa shape index (κ3) is 4.60. The molecule has 2 saturated carbocycles. The Labute approximate surface area is 409 Å². The zero-order chi connectivity index (χ0) is 45.7. The van der Waals surface area contributed by atoms with E-state index < -0.39 is 5.41 Å². The number of benzene rings is 9. The van der Waals surface area contributed by atoms with Crippen molar-refractivity contribution in [1.29, 1.82) is 0 Å². The number of fused-ring (bicyclic) bond motifs is 13. The summed E-state index contributed by atoms with van der Waals surface area (Å²) in [6, 6.07) is 65.6. The minimum absolute atomic E-state index is 0.0261. The van der Waals surface area contributed by atoms with Crippen LogP contribution in [0, 0.1) is 13.8 Å². The number of rotatable bonds is 4. The van der Waals surface area contributed by atoms with Gasteiger partial charge in [0.25, 0.3) is 6.71 Å². The van der Waals surface area contributed by atoms with Crippen LogP contribution in [0.4, 0.5) is 0 Å². The quantitative estimate of drug-likeness (QED) is 0.156. The Morgan fingerprint density at radius 3 is 1.74 bits per heavy atom. The van der Waals surface area contributed by atoms with Gasteiger partial charge in [-0.25, -0.2) is 0 Å². The lowest BCUT2D eigenvalue weighted by Crippen LogP contribution is -2.60. The van der Waals surface area contributed by atoms with Crippen LogP contribution >= 0.6 is 0 Å². The van der Waals surface area contributed by atoms with Gasteiger partial charge in [-0.05, 0) is 158 Å². The summed E-state index contributed by atoms with van der Waals surface area (Å²) in [5.41, 5.74) is 30.1. The van der Waals surface area contributed by atoms with Crippen molar-refractivity contribution in [2.24, 2.45) is 0 Å². The van der Waals surface area contributed by atoms with Gasteiger partial charge >= 0.3 is 0 Å². The molecule has 6 aliphatic rings. The van der Waals surface area contributed by atoms with Crippen LogP contribution in [0.15, 0.2) is 164 Å². The molecule has 2 fully saturated rings. The van der Waals surface area contributed by atoms with Crippen molar-refractivity contribution in [3.8, 4) is 44.9 Å². The van der Waals surface area contributed by atoms with E-state index in [1.54, 1.807) is 11.1 Å². The third-order valence-corrected chi connectivity index (χ3v) is 18.7. The summed E-state index contributed by atoms with van der Waals surface area (Å²) < 4.78 is 5.59. The van der Waals surface area contributed by atoms with Crippen molar-refractivity contribution >= 4 is 66.6 Å². The number of nitrogens with zero attached hydrogens (tertiary/aromatic N) is 2. The zero-order valence-corrected chi connectivity index (χ0v) is 39.9. The Morgan fingerprint density at radius 1 is 0.457 bits per heavy atom. The fourth-order valence-corrected chi connectivity index (χ4v) is 15.8. The van der Waals surface area contributed by atoms with Crippen molar-refractivity contribution in [3.63, 3.8) is 0 Å². The summed E-state index contributed by atoms with van der Waals surface area (Å²) in [6.07, 6.45) is 10.4. The predicted octanol–water partition coefficient (Wildman–Crippen LogP) is 15.0. The van der Waals surface area contributed by atoms with E-state index in [1.807, 2.05) is 0 Å². The molecule has 3 aliphatic carbocycles. The molecule has 70 heavy (non-hydrogen) atoms. The smallest absolute Gasteiger partial charge is 0.253 e. The summed E-state index contributed by atoms with van der Waals surface area (Å²) in [7, 11) is 0. The first kappa shape index (κ1) is 38.5. The van der Waals surface area contributed by atoms with Crippen LogP contribution in [-0.2, 0) is 5.41 Å². The molecule has 2 nitrogen and oxygen atoms in total. The first-order chi connectivity index (χ1) is 34.6. The minimum atomic E-state index is -0.497. The average molecular weight is 895 g/mol. The molecular formula is C67H51BN2. The lowest BCUT2D eigenvalue weighted by molar-refractivity contribution is 0.710. The largest absolute Gasteiger partial charge is 0.310 e. The molecule has 0 bridgehead atoms. The SMILES string of the molecule is Cc1ccc(-c2c(-c3ccc(C)cc3)n3c4c(c5ccccc5cc24)B2c4c-3ccc3c4-n4c5c2cc(C2CCCC2)cc5c2cc(C5CCCC5)cc(c24)C32c3ccccc3-c3ccccc32)cc1. The Kier molecular flexibility index (Phi) is 7.42. The highest BCUT2D eigenvalue weighted by Gasteiger charge is 2.55. The van der Waals surface area contributed by atoms with Gasteiger partial charge in [0.2, 0.25) is 0 Å². The molecule has 332 valence electrons. The van der Waals surface area contributed by atoms with E-state index in [0.29, 0.717) is 11.8 Å². The van der Waals surface area contributed by atoms with Crippen LogP contribution in [0.2, 0.25) is 0 Å². The summed E-state index contributed by atoms with van der Waals surface area (Å²) in [6.45, 7) is 4.45. The van der Waals surface area contributed by atoms with Crippen molar-refractivity contribution in [3.05, 3.63) is 208 Å². The second kappa shape index (κ2) is 13.5. The molecule has 0 amide bonds. The van der Waals surface area contributed by atoms with Gasteiger partial charge in [-0.2, -0.15) is 0 Å². The van der Waals surface area contributed by atoms with Crippen molar-refractivity contribution < 1.29 is 0 Å². The second-order valence-corrected chi connectivity index (χ2v) is 22.1. The molecule has 0 N–H and O–H groups in total. The molecule has 11 aromatic rings. The van der Waals surface area contributed by atoms with Gasteiger partial charge in [0, 0.05) is 38.6 Å². The zero-order valence-electron chi connectivity index (χ0n) is 39.9. The van der Waals surface area contributed by atoms with E-state index in [9.17, 15) is 0 Å². The van der Waals surface area contributed by atoms with Gasteiger partial charge in [0.15, 0.2) is 0 Å². The normalized spacial score (nSPS) is 16.8. The molecule has 2 aromatic heterocycles. The monoisotopic (exact) mass is 894 g/mol. The lowest BCUT2D eigenvalue weighted by Gasteiger charge is -2.44. The van der Waals surface area contributed by atoms with Crippen molar-refractivity contribution in [2.45, 2.75) is 82.5 Å². The molecule has 0 saturated heterocycles. The fraction of sp³-hybridized carbons (Fsp3) is 0.194. The van der Waals surface area contributed by atoms with E-state index in [4.69, 9.17) is 0 Å². The van der Waals surface area contributed by atoms with Gasteiger partial charge in [-0.15, -0.1) is 0 Å². The van der Waals surface area contributed by atoms with Crippen LogP contribution in [0.5, 0.6) is 0 Å². The highest BCUT2D eigenvalue weighted by Crippen LogP contribution is 2.62. The minimum Gasteiger partial charge on any atom is -0.310 e. The van der Waals surface area contributed by atoms with Gasteiger partial charge < -0.3 is 9.13 Å². The number of hydrogen-bond acceptors (Lipinski definition) is 0. The van der Waals surface area contributed by atoms with E-state index in [0.717, 1.165) is 0 Å². The van der Waals surface area contributed by atoms with E-state index >= 15 is 0 Å². The second-order valence-electron chi connectivity index (χ2n) is 22.1. The van der Waals surface area contributed by atoms with Crippen LogP contribution in [0.3, 0.4) is 0 Å². The maximum Gasteiger partial charge on any atom is 0.253 e. The molecule has 3 aliphatic heterocycles. The number of aromatic nitrogens is 2. The van der Waals surface area contributed by atoms with Gasteiger partial charge in [-0.3, -0.25) is 0 Å². The first-order valence-corrected chi connectivity index (χ1v) is 26.3. The van der Waals surface area contributed by atoms with Crippen LogP contribution in [-0.4, -0.2) is 15.8 Å². The van der Waals surface area contributed by atoms with Crippen LogP contribution in [0.25, 0.3) is 88.4 Å². The first-order valence-electron chi connectivity index (χ1n) is 26.3. The molecule has 0 atom stereocenters. The van der Waals surface area contributed by atoms with Crippen LogP contribution in [0.1, 0.15) is 108 Å². The molecule has 5 heterocycles. The summed E-state index contributed by atoms with van der Waals surface area (Å²) in [5, 5.41) is 6.94. The summed E-state index contributed by atoms with van der Waals surface area (Å²) in [4.78, 5) is 0. The van der Waals surface area contributed by atoms with Crippen LogP contribution < -0.4 is 16.4 Å². The lowest BCUT2D eigenvalue weighted by atomic mass is 9.33. The average Bonchev–Trinajstić information content (AvgIpc) is 4.28. The molecule has 1 spiro atoms. The standard InChI is InChI=1S/C67H51BN2/c1-38-23-27-42(28-24-38)59-52-33-44-17-7-8-18-47(44)60-65(52)69(62(59)43-29-25-39(2)26-30-43)58-32-31-55-66-61(58)68(60)57-37-46(41-15-5-6-16-41)35-51-50-34-45(40-13-3-4-14-40)36-56(63(50)70(66)64(51)57)67(55)53-21-11-9-19-48(53)49-20-10-12-22-54(49)67/h7-12,17-37,40-41H,3-6,13-16H2,1-2H3. The predicted molar refractivity (Wildman–Crippen MR) is 293 cm³/mol. The van der Waals surface area contributed by atoms with Crippen molar-refractivity contribution in [2.75, 3.05) is 0 Å². The van der Waals surface area contributed by atoms with E-state index in [-0.39, 0.29) is 6.71 Å². The van der Waals surface area contributed by atoms with Gasteiger partial charge in [-0.1, -0.05) is 176 Å². The van der Waals surface area contributed by atoms with E-state index in [1.165, 1.54) is 190 Å². The van der Waals surface area contributed by atoms with E-state index in [2.05, 4.69) is 187 Å². The highest BCUT2D eigenvalue weighted by molar-refractivity contribution is 7.01. The maximum atomic E-state index is 2.84. The third-order valence-electron chi connectivity index (χ3n) is 18.7. The Bertz CT molecular complexity index is 4100. The topological polar surface area (TPSA) is 9.86 Å². The Hall–Kier alpha value is -7.36. The molecule has 9 aromatic carbocycles. The van der Waals surface area contributed by atoms with Gasteiger partial charge in [0.05, 0.1) is 22.1 Å². The Morgan fingerprint density at radius 2 is 1.06 bits per heavy atom. The molecule has 0 unspecified atom stereocenters.